The minimum Gasteiger partial charge on any atom is -0.312 e. The van der Waals surface area contributed by atoms with Crippen LogP contribution in [-0.2, 0) is 0 Å². The number of benzene rings is 1. The van der Waals surface area contributed by atoms with E-state index in [9.17, 15) is 0 Å². The Morgan fingerprint density at radius 2 is 1.71 bits per heavy atom. The Kier molecular flexibility index (Phi) is 5.28. The van der Waals surface area contributed by atoms with Crippen LogP contribution in [0.5, 0.6) is 0 Å². The van der Waals surface area contributed by atoms with Crippen LogP contribution in [0, 0.1) is 0 Å². The van der Waals surface area contributed by atoms with Gasteiger partial charge in [0.15, 0.2) is 0 Å². The van der Waals surface area contributed by atoms with Gasteiger partial charge in [0, 0.05) is 44.8 Å². The minimum atomic E-state index is 0.448. The predicted molar refractivity (Wildman–Crippen MR) is 88.5 cm³/mol. The Labute approximate surface area is 129 Å². The SMILES string of the molecule is CNC(CN1CCN(C2CCCC2)CC1)c1ccccc1. The van der Waals surface area contributed by atoms with Gasteiger partial charge in [-0.05, 0) is 25.5 Å². The van der Waals surface area contributed by atoms with Crippen LogP contribution in [0.25, 0.3) is 0 Å². The maximum atomic E-state index is 3.48. The smallest absolute Gasteiger partial charge is 0.0446 e. The molecular weight excluding hydrogens is 258 g/mol. The first-order valence-electron chi connectivity index (χ1n) is 8.55. The zero-order valence-electron chi connectivity index (χ0n) is 13.3. The number of nitrogens with one attached hydrogen (secondary N) is 1. The number of rotatable bonds is 5. The van der Waals surface area contributed by atoms with E-state index in [1.165, 1.54) is 57.4 Å². The Bertz CT molecular complexity index is 406. The van der Waals surface area contributed by atoms with E-state index < -0.39 is 0 Å². The van der Waals surface area contributed by atoms with Crippen LogP contribution in [-0.4, -0.2) is 55.6 Å². The average molecular weight is 287 g/mol. The monoisotopic (exact) mass is 287 g/mol. The number of likely N-dealkylation sites (N-methyl/N-ethyl adjacent to an activating group) is 1. The summed E-state index contributed by atoms with van der Waals surface area (Å²) < 4.78 is 0. The third-order valence-corrected chi connectivity index (χ3v) is 5.24. The van der Waals surface area contributed by atoms with Crippen molar-refractivity contribution in [3.8, 4) is 0 Å². The molecule has 1 heterocycles. The molecule has 1 aromatic rings. The molecule has 1 aliphatic heterocycles. The van der Waals surface area contributed by atoms with Crippen LogP contribution in [0.15, 0.2) is 30.3 Å². The molecule has 3 nitrogen and oxygen atoms in total. The van der Waals surface area contributed by atoms with E-state index in [4.69, 9.17) is 0 Å². The highest BCUT2D eigenvalue weighted by Crippen LogP contribution is 2.24. The number of hydrogen-bond donors (Lipinski definition) is 1. The van der Waals surface area contributed by atoms with E-state index >= 15 is 0 Å². The van der Waals surface area contributed by atoms with Crippen molar-refractivity contribution in [3.05, 3.63) is 35.9 Å². The largest absolute Gasteiger partial charge is 0.312 e. The molecule has 1 N–H and O–H groups in total. The molecule has 0 spiro atoms. The van der Waals surface area contributed by atoms with Gasteiger partial charge in [-0.1, -0.05) is 43.2 Å². The molecule has 3 heteroatoms. The van der Waals surface area contributed by atoms with Crippen molar-refractivity contribution >= 4 is 0 Å². The fourth-order valence-electron chi connectivity index (χ4n) is 3.89. The van der Waals surface area contributed by atoms with Gasteiger partial charge in [0.05, 0.1) is 0 Å². The summed E-state index contributed by atoms with van der Waals surface area (Å²) in [5.74, 6) is 0. The van der Waals surface area contributed by atoms with Crippen LogP contribution >= 0.6 is 0 Å². The lowest BCUT2D eigenvalue weighted by Crippen LogP contribution is -2.51. The molecule has 0 aromatic heterocycles. The van der Waals surface area contributed by atoms with Gasteiger partial charge in [-0.3, -0.25) is 9.80 Å². The Morgan fingerprint density at radius 1 is 1.05 bits per heavy atom. The fraction of sp³-hybridized carbons (Fsp3) is 0.667. The van der Waals surface area contributed by atoms with Crippen molar-refractivity contribution in [3.63, 3.8) is 0 Å². The third-order valence-electron chi connectivity index (χ3n) is 5.24. The molecule has 2 aliphatic rings. The Balaban J connectivity index is 1.50. The zero-order valence-corrected chi connectivity index (χ0v) is 13.3. The predicted octanol–water partition coefficient (Wildman–Crippen LogP) is 2.51. The molecule has 0 amide bonds. The van der Waals surface area contributed by atoms with Crippen LogP contribution < -0.4 is 5.32 Å². The summed E-state index contributed by atoms with van der Waals surface area (Å²) in [6, 6.07) is 12.2. The van der Waals surface area contributed by atoms with E-state index in [2.05, 4.69) is 52.5 Å². The number of hydrogen-bond acceptors (Lipinski definition) is 3. The summed E-state index contributed by atoms with van der Waals surface area (Å²) in [5.41, 5.74) is 1.40. The van der Waals surface area contributed by atoms with Gasteiger partial charge in [0.1, 0.15) is 0 Å². The summed E-state index contributed by atoms with van der Waals surface area (Å²) in [6.45, 7) is 6.09. The molecule has 1 saturated carbocycles. The molecule has 0 radical (unpaired) electrons. The van der Waals surface area contributed by atoms with Crippen LogP contribution in [0.1, 0.15) is 37.3 Å². The highest BCUT2D eigenvalue weighted by Gasteiger charge is 2.26. The Morgan fingerprint density at radius 3 is 2.33 bits per heavy atom. The van der Waals surface area contributed by atoms with Gasteiger partial charge in [0.2, 0.25) is 0 Å². The summed E-state index contributed by atoms with van der Waals surface area (Å²) in [5, 5.41) is 3.48. The number of piperazine rings is 1. The fourth-order valence-corrected chi connectivity index (χ4v) is 3.89. The molecule has 21 heavy (non-hydrogen) atoms. The topological polar surface area (TPSA) is 18.5 Å². The lowest BCUT2D eigenvalue weighted by Gasteiger charge is -2.39. The molecule has 116 valence electrons. The standard InChI is InChI=1S/C18H29N3/c1-19-18(16-7-3-2-4-8-16)15-20-11-13-21(14-12-20)17-9-5-6-10-17/h2-4,7-8,17-19H,5-6,9-15H2,1H3. The van der Waals surface area contributed by atoms with Crippen LogP contribution in [0.4, 0.5) is 0 Å². The van der Waals surface area contributed by atoms with Crippen molar-refractivity contribution in [1.29, 1.82) is 0 Å². The highest BCUT2D eigenvalue weighted by atomic mass is 15.3. The van der Waals surface area contributed by atoms with E-state index in [0.29, 0.717) is 6.04 Å². The van der Waals surface area contributed by atoms with Crippen LogP contribution in [0.3, 0.4) is 0 Å². The van der Waals surface area contributed by atoms with Crippen molar-refractivity contribution < 1.29 is 0 Å². The van der Waals surface area contributed by atoms with E-state index in [-0.39, 0.29) is 0 Å². The lowest BCUT2D eigenvalue weighted by molar-refractivity contribution is 0.0920. The molecule has 1 aromatic carbocycles. The molecule has 1 atom stereocenters. The normalized spacial score (nSPS) is 23.5. The first kappa shape index (κ1) is 15.0. The molecule has 2 fully saturated rings. The molecule has 1 unspecified atom stereocenters. The quantitative estimate of drug-likeness (QED) is 0.898. The van der Waals surface area contributed by atoms with E-state index in [1.54, 1.807) is 0 Å². The maximum absolute atomic E-state index is 3.48. The van der Waals surface area contributed by atoms with Gasteiger partial charge in [-0.15, -0.1) is 0 Å². The Hall–Kier alpha value is -0.900. The molecule has 3 rings (SSSR count). The number of nitrogens with zero attached hydrogens (tertiary/aromatic N) is 2. The molecule has 1 aliphatic carbocycles. The van der Waals surface area contributed by atoms with Gasteiger partial charge < -0.3 is 5.32 Å². The summed E-state index contributed by atoms with van der Waals surface area (Å²) >= 11 is 0. The summed E-state index contributed by atoms with van der Waals surface area (Å²) in [6.07, 6.45) is 5.76. The second-order valence-corrected chi connectivity index (χ2v) is 6.53. The van der Waals surface area contributed by atoms with Crippen molar-refractivity contribution in [2.45, 2.75) is 37.8 Å². The molecular formula is C18H29N3. The van der Waals surface area contributed by atoms with Gasteiger partial charge in [-0.25, -0.2) is 0 Å². The minimum absolute atomic E-state index is 0.448. The first-order valence-corrected chi connectivity index (χ1v) is 8.55. The van der Waals surface area contributed by atoms with E-state index in [1.807, 2.05) is 0 Å². The van der Waals surface area contributed by atoms with Crippen LogP contribution in [0.2, 0.25) is 0 Å². The molecule has 0 bridgehead atoms. The summed E-state index contributed by atoms with van der Waals surface area (Å²) in [7, 11) is 2.08. The van der Waals surface area contributed by atoms with Gasteiger partial charge >= 0.3 is 0 Å². The third kappa shape index (κ3) is 3.85. The highest BCUT2D eigenvalue weighted by molar-refractivity contribution is 5.19. The summed E-state index contributed by atoms with van der Waals surface area (Å²) in [4.78, 5) is 5.36. The van der Waals surface area contributed by atoms with E-state index in [0.717, 1.165) is 12.6 Å². The van der Waals surface area contributed by atoms with Crippen molar-refractivity contribution in [2.24, 2.45) is 0 Å². The maximum Gasteiger partial charge on any atom is 0.0446 e. The first-order chi connectivity index (χ1) is 10.4. The van der Waals surface area contributed by atoms with Crippen molar-refractivity contribution in [1.82, 2.24) is 15.1 Å². The zero-order chi connectivity index (χ0) is 14.5. The second kappa shape index (κ2) is 7.39. The average Bonchev–Trinajstić information content (AvgIpc) is 3.08. The van der Waals surface area contributed by atoms with Gasteiger partial charge in [-0.2, -0.15) is 0 Å². The van der Waals surface area contributed by atoms with Crippen molar-refractivity contribution in [2.75, 3.05) is 39.8 Å². The van der Waals surface area contributed by atoms with Gasteiger partial charge in [0.25, 0.3) is 0 Å². The molecule has 1 saturated heterocycles. The lowest BCUT2D eigenvalue weighted by atomic mass is 10.1. The second-order valence-electron chi connectivity index (χ2n) is 6.53.